The molecule has 0 fully saturated rings. The van der Waals surface area contributed by atoms with Gasteiger partial charge in [0, 0.05) is 18.0 Å². The number of ether oxygens (including phenoxy) is 1. The van der Waals surface area contributed by atoms with Crippen molar-refractivity contribution in [2.24, 2.45) is 0 Å². The molecule has 4 aromatic rings. The van der Waals surface area contributed by atoms with Gasteiger partial charge in [-0.2, -0.15) is 5.10 Å². The third-order valence-electron chi connectivity index (χ3n) is 3.82. The molecule has 6 nitrogen and oxygen atoms in total. The van der Waals surface area contributed by atoms with E-state index in [1.807, 2.05) is 48.7 Å². The van der Waals surface area contributed by atoms with Gasteiger partial charge in [0.05, 0.1) is 23.7 Å². The predicted molar refractivity (Wildman–Crippen MR) is 91.5 cm³/mol. The summed E-state index contributed by atoms with van der Waals surface area (Å²) in [6.45, 7) is 0. The normalized spacial score (nSPS) is 10.9. The Hall–Kier alpha value is -3.41. The molecular weight excluding hydrogens is 304 g/mol. The molecule has 0 aliphatic rings. The number of para-hydroxylation sites is 1. The van der Waals surface area contributed by atoms with Crippen LogP contribution in [0.25, 0.3) is 28.0 Å². The Bertz CT molecular complexity index is 1070. The Morgan fingerprint density at radius 1 is 1.12 bits per heavy atom. The molecule has 0 unspecified atom stereocenters. The molecule has 24 heavy (non-hydrogen) atoms. The molecule has 118 valence electrons. The quantitative estimate of drug-likeness (QED) is 0.630. The van der Waals surface area contributed by atoms with E-state index in [9.17, 15) is 4.79 Å². The lowest BCUT2D eigenvalue weighted by Crippen LogP contribution is -2.10. The number of aromatic nitrogens is 4. The fraction of sp³-hybridized carbons (Fsp3) is 0.0556. The van der Waals surface area contributed by atoms with Crippen LogP contribution in [-0.2, 0) is 0 Å². The maximum Gasteiger partial charge on any atom is 0.259 e. The van der Waals surface area contributed by atoms with Gasteiger partial charge in [-0.15, -0.1) is 0 Å². The lowest BCUT2D eigenvalue weighted by Gasteiger charge is -2.11. The van der Waals surface area contributed by atoms with Crippen molar-refractivity contribution in [3.8, 4) is 22.8 Å². The van der Waals surface area contributed by atoms with Crippen molar-refractivity contribution in [1.82, 2.24) is 19.7 Å². The van der Waals surface area contributed by atoms with Gasteiger partial charge in [0.2, 0.25) is 0 Å². The third kappa shape index (κ3) is 2.34. The van der Waals surface area contributed by atoms with Crippen LogP contribution in [0, 0.1) is 0 Å². The molecule has 2 aromatic heterocycles. The fourth-order valence-corrected chi connectivity index (χ4v) is 2.66. The van der Waals surface area contributed by atoms with Gasteiger partial charge in [-0.05, 0) is 36.4 Å². The predicted octanol–water partition coefficient (Wildman–Crippen LogP) is 2.78. The molecule has 0 aliphatic carbocycles. The first-order chi connectivity index (χ1) is 11.8. The topological polar surface area (TPSA) is 72.8 Å². The van der Waals surface area contributed by atoms with Gasteiger partial charge >= 0.3 is 0 Å². The zero-order valence-corrected chi connectivity index (χ0v) is 12.9. The first kappa shape index (κ1) is 14.2. The number of benzene rings is 2. The summed E-state index contributed by atoms with van der Waals surface area (Å²) in [5.74, 6) is 1.15. The molecule has 2 heterocycles. The zero-order valence-electron chi connectivity index (χ0n) is 12.9. The molecule has 1 N–H and O–H groups in total. The Kier molecular flexibility index (Phi) is 3.35. The molecule has 0 spiro atoms. The smallest absolute Gasteiger partial charge is 0.259 e. The average Bonchev–Trinajstić information content (AvgIpc) is 3.15. The zero-order chi connectivity index (χ0) is 16.5. The summed E-state index contributed by atoms with van der Waals surface area (Å²) in [6.07, 6.45) is 3.54. The van der Waals surface area contributed by atoms with Crippen molar-refractivity contribution in [2.75, 3.05) is 7.11 Å². The van der Waals surface area contributed by atoms with Crippen molar-refractivity contribution < 1.29 is 4.74 Å². The molecule has 0 saturated carbocycles. The minimum atomic E-state index is -0.176. The highest BCUT2D eigenvalue weighted by Crippen LogP contribution is 2.28. The van der Waals surface area contributed by atoms with Crippen LogP contribution in [0.5, 0.6) is 5.75 Å². The molecule has 4 rings (SSSR count). The van der Waals surface area contributed by atoms with Gasteiger partial charge in [0.1, 0.15) is 11.6 Å². The van der Waals surface area contributed by atoms with Crippen LogP contribution in [0.15, 0.2) is 65.7 Å². The van der Waals surface area contributed by atoms with Gasteiger partial charge in [-0.25, -0.2) is 9.67 Å². The lowest BCUT2D eigenvalue weighted by molar-refractivity contribution is 0.415. The van der Waals surface area contributed by atoms with Crippen LogP contribution >= 0.6 is 0 Å². The van der Waals surface area contributed by atoms with Crippen LogP contribution in [0.3, 0.4) is 0 Å². The van der Waals surface area contributed by atoms with Gasteiger partial charge in [0.25, 0.3) is 5.56 Å². The Balaban J connectivity index is 2.00. The molecule has 0 amide bonds. The van der Waals surface area contributed by atoms with Crippen molar-refractivity contribution in [3.05, 3.63) is 71.3 Å². The van der Waals surface area contributed by atoms with Crippen LogP contribution in [0.2, 0.25) is 0 Å². The first-order valence-electron chi connectivity index (χ1n) is 7.44. The monoisotopic (exact) mass is 318 g/mol. The number of fused-ring (bicyclic) bond motifs is 1. The Morgan fingerprint density at radius 2 is 2.00 bits per heavy atom. The van der Waals surface area contributed by atoms with Crippen molar-refractivity contribution in [3.63, 3.8) is 0 Å². The van der Waals surface area contributed by atoms with Crippen LogP contribution < -0.4 is 10.3 Å². The second-order valence-electron chi connectivity index (χ2n) is 5.27. The number of rotatable bonds is 3. The number of nitrogens with zero attached hydrogens (tertiary/aromatic N) is 3. The molecule has 0 aliphatic heterocycles. The molecule has 0 saturated heterocycles. The molecule has 0 radical (unpaired) electrons. The number of hydrogen-bond donors (Lipinski definition) is 1. The van der Waals surface area contributed by atoms with E-state index < -0.39 is 0 Å². The second-order valence-corrected chi connectivity index (χ2v) is 5.27. The fourth-order valence-electron chi connectivity index (χ4n) is 2.66. The molecule has 6 heteroatoms. The molecule has 2 aromatic carbocycles. The largest absolute Gasteiger partial charge is 0.497 e. The summed E-state index contributed by atoms with van der Waals surface area (Å²) in [6, 6.07) is 14.7. The Morgan fingerprint density at radius 3 is 2.79 bits per heavy atom. The minimum Gasteiger partial charge on any atom is -0.497 e. The lowest BCUT2D eigenvalue weighted by atomic mass is 10.1. The third-order valence-corrected chi connectivity index (χ3v) is 3.82. The van der Waals surface area contributed by atoms with E-state index >= 15 is 0 Å². The summed E-state index contributed by atoms with van der Waals surface area (Å²) >= 11 is 0. The average molecular weight is 318 g/mol. The summed E-state index contributed by atoms with van der Waals surface area (Å²) in [7, 11) is 1.60. The van der Waals surface area contributed by atoms with E-state index in [0.29, 0.717) is 22.5 Å². The number of H-pyrrole nitrogens is 1. The van der Waals surface area contributed by atoms with E-state index in [4.69, 9.17) is 4.74 Å². The van der Waals surface area contributed by atoms with Crippen LogP contribution in [0.1, 0.15) is 0 Å². The number of methoxy groups -OCH3 is 1. The van der Waals surface area contributed by atoms with Gasteiger partial charge in [-0.3, -0.25) is 4.79 Å². The highest BCUT2D eigenvalue weighted by Gasteiger charge is 2.13. The summed E-state index contributed by atoms with van der Waals surface area (Å²) < 4.78 is 7.04. The highest BCUT2D eigenvalue weighted by atomic mass is 16.5. The highest BCUT2D eigenvalue weighted by molar-refractivity contribution is 5.80. The minimum absolute atomic E-state index is 0.176. The summed E-state index contributed by atoms with van der Waals surface area (Å²) in [5.41, 5.74) is 2.01. The van der Waals surface area contributed by atoms with Gasteiger partial charge in [0.15, 0.2) is 0 Å². The number of nitrogens with one attached hydrogen (secondary N) is 1. The van der Waals surface area contributed by atoms with Crippen molar-refractivity contribution in [2.45, 2.75) is 0 Å². The van der Waals surface area contributed by atoms with Crippen LogP contribution in [0.4, 0.5) is 0 Å². The van der Waals surface area contributed by atoms with Crippen LogP contribution in [-0.4, -0.2) is 26.9 Å². The standard InChI is InChI=1S/C18H14N4O2/c1-24-12-7-8-16(22-10-4-9-19-22)14(11-12)17-20-15-6-3-2-5-13(15)18(23)21-17/h2-11H,1H3,(H,20,21,23). The summed E-state index contributed by atoms with van der Waals surface area (Å²) in [5, 5.41) is 4.83. The Labute approximate surface area is 137 Å². The number of aromatic amines is 1. The van der Waals surface area contributed by atoms with Crippen molar-refractivity contribution in [1.29, 1.82) is 0 Å². The molecular formula is C18H14N4O2. The van der Waals surface area contributed by atoms with E-state index in [1.165, 1.54) is 0 Å². The van der Waals surface area contributed by atoms with Gasteiger partial charge in [-0.1, -0.05) is 12.1 Å². The van der Waals surface area contributed by atoms with E-state index in [0.717, 1.165) is 11.3 Å². The first-order valence-corrected chi connectivity index (χ1v) is 7.44. The van der Waals surface area contributed by atoms with E-state index in [1.54, 1.807) is 24.1 Å². The van der Waals surface area contributed by atoms with E-state index in [2.05, 4.69) is 15.1 Å². The number of hydrogen-bond acceptors (Lipinski definition) is 4. The van der Waals surface area contributed by atoms with Gasteiger partial charge < -0.3 is 9.72 Å². The maximum atomic E-state index is 12.4. The van der Waals surface area contributed by atoms with Crippen molar-refractivity contribution >= 4 is 10.9 Å². The SMILES string of the molecule is COc1ccc(-n2cccn2)c(-c2nc3ccccc3c(=O)[nH]2)c1. The second kappa shape index (κ2) is 5.66. The molecule has 0 bridgehead atoms. The molecule has 0 atom stereocenters. The van der Waals surface area contributed by atoms with E-state index in [-0.39, 0.29) is 5.56 Å². The maximum absolute atomic E-state index is 12.4. The summed E-state index contributed by atoms with van der Waals surface area (Å²) in [4.78, 5) is 19.8.